The number of halogens is 1. The Hall–Kier alpha value is -2.18. The topological polar surface area (TPSA) is 83.1 Å². The molecule has 2 amide bonds. The second-order valence-electron chi connectivity index (χ2n) is 4.65. The van der Waals surface area contributed by atoms with Crippen molar-refractivity contribution in [1.29, 1.82) is 0 Å². The second kappa shape index (κ2) is 7.42. The molecule has 1 rings (SSSR count). The van der Waals surface area contributed by atoms with Gasteiger partial charge in [0.15, 0.2) is 11.6 Å². The fourth-order valence-corrected chi connectivity index (χ4v) is 1.43. The highest BCUT2D eigenvalue weighted by molar-refractivity contribution is 5.97. The lowest BCUT2D eigenvalue weighted by Gasteiger charge is -2.10. The zero-order chi connectivity index (χ0) is 15.1. The maximum atomic E-state index is 13.8. The number of carbonyl (C=O) groups excluding carboxylic acids is 2. The molecule has 0 aliphatic rings. The summed E-state index contributed by atoms with van der Waals surface area (Å²) in [4.78, 5) is 27.0. The van der Waals surface area contributed by atoms with Crippen LogP contribution in [0.3, 0.4) is 0 Å². The highest BCUT2D eigenvalue weighted by Crippen LogP contribution is 2.13. The van der Waals surface area contributed by atoms with Gasteiger partial charge in [-0.05, 0) is 12.0 Å². The first kappa shape index (κ1) is 15.9. The number of hydrogen-bond acceptors (Lipinski definition) is 4. The van der Waals surface area contributed by atoms with Crippen molar-refractivity contribution in [1.82, 2.24) is 15.6 Å². The molecular weight excluding hydrogens is 263 g/mol. The number of nitrogens with zero attached hydrogens (tertiary/aromatic N) is 1. The van der Waals surface area contributed by atoms with E-state index in [1.807, 2.05) is 13.8 Å². The molecule has 20 heavy (non-hydrogen) atoms. The molecule has 7 heteroatoms. The summed E-state index contributed by atoms with van der Waals surface area (Å²) in [6.45, 7) is 4.26. The second-order valence-corrected chi connectivity index (χ2v) is 4.65. The van der Waals surface area contributed by atoms with Gasteiger partial charge in [0, 0.05) is 19.8 Å². The molecule has 1 aromatic heterocycles. The van der Waals surface area contributed by atoms with Gasteiger partial charge in [-0.15, -0.1) is 0 Å². The minimum Gasteiger partial charge on any atom is -0.371 e. The average Bonchev–Trinajstić information content (AvgIpc) is 2.42. The van der Waals surface area contributed by atoms with E-state index in [9.17, 15) is 14.0 Å². The summed E-state index contributed by atoms with van der Waals surface area (Å²) in [6, 6.07) is 1.26. The van der Waals surface area contributed by atoms with Crippen molar-refractivity contribution in [3.8, 4) is 0 Å². The van der Waals surface area contributed by atoms with Crippen LogP contribution in [-0.4, -0.2) is 36.9 Å². The molecule has 0 aliphatic heterocycles. The number of hydrogen-bond donors (Lipinski definition) is 3. The van der Waals surface area contributed by atoms with Crippen molar-refractivity contribution in [3.05, 3.63) is 23.6 Å². The fourth-order valence-electron chi connectivity index (χ4n) is 1.43. The summed E-state index contributed by atoms with van der Waals surface area (Å²) >= 11 is 0. The van der Waals surface area contributed by atoms with E-state index in [0.717, 1.165) is 0 Å². The van der Waals surface area contributed by atoms with Crippen molar-refractivity contribution >= 4 is 17.6 Å². The summed E-state index contributed by atoms with van der Waals surface area (Å²) in [5.41, 5.74) is -0.152. The highest BCUT2D eigenvalue weighted by Gasteiger charge is 2.16. The summed E-state index contributed by atoms with van der Waals surface area (Å²) < 4.78 is 13.8. The van der Waals surface area contributed by atoms with Gasteiger partial charge in [-0.25, -0.2) is 9.37 Å². The third kappa shape index (κ3) is 4.49. The molecule has 3 N–H and O–H groups in total. The molecule has 1 aromatic rings. The molecule has 0 bridgehead atoms. The maximum absolute atomic E-state index is 13.8. The smallest absolute Gasteiger partial charge is 0.254 e. The quantitative estimate of drug-likeness (QED) is 0.719. The third-order valence-electron chi connectivity index (χ3n) is 2.49. The predicted octanol–water partition coefficient (Wildman–Crippen LogP) is 0.764. The predicted molar refractivity (Wildman–Crippen MR) is 73.9 cm³/mol. The normalized spacial score (nSPS) is 10.2. The van der Waals surface area contributed by atoms with E-state index in [0.29, 0.717) is 12.5 Å². The Bertz CT molecular complexity index is 491. The number of nitrogens with one attached hydrogen (secondary N) is 3. The molecule has 0 atom stereocenters. The zero-order valence-corrected chi connectivity index (χ0v) is 11.8. The first-order valence-corrected chi connectivity index (χ1v) is 6.32. The van der Waals surface area contributed by atoms with Gasteiger partial charge in [0.25, 0.3) is 5.91 Å². The van der Waals surface area contributed by atoms with Crippen molar-refractivity contribution in [2.24, 2.45) is 5.92 Å². The van der Waals surface area contributed by atoms with E-state index in [-0.39, 0.29) is 23.8 Å². The van der Waals surface area contributed by atoms with Crippen LogP contribution in [0.1, 0.15) is 24.2 Å². The summed E-state index contributed by atoms with van der Waals surface area (Å²) in [7, 11) is 1.51. The number of amides is 2. The van der Waals surface area contributed by atoms with Crippen LogP contribution >= 0.6 is 0 Å². The van der Waals surface area contributed by atoms with Crippen molar-refractivity contribution < 1.29 is 14.0 Å². The van der Waals surface area contributed by atoms with E-state index >= 15 is 0 Å². The Morgan fingerprint density at radius 1 is 1.35 bits per heavy atom. The average molecular weight is 282 g/mol. The highest BCUT2D eigenvalue weighted by atomic mass is 19.1. The Labute approximate surface area is 117 Å². The Kier molecular flexibility index (Phi) is 5.89. The third-order valence-corrected chi connectivity index (χ3v) is 2.49. The number of carbonyl (C=O) groups is 2. The van der Waals surface area contributed by atoms with Crippen LogP contribution < -0.4 is 16.0 Å². The van der Waals surface area contributed by atoms with E-state index in [1.165, 1.54) is 19.3 Å². The molecule has 0 unspecified atom stereocenters. The lowest BCUT2D eigenvalue weighted by atomic mass is 10.2. The molecule has 0 aromatic carbocycles. The van der Waals surface area contributed by atoms with Crippen LogP contribution in [0.15, 0.2) is 12.3 Å². The standard InChI is InChI=1S/C13H19FN4O2/c1-8(2)6-17-10(19)7-18-13(20)9-4-5-16-12(15-3)11(9)14/h4-5,8H,6-7H2,1-3H3,(H,15,16)(H,17,19)(H,18,20). The van der Waals surface area contributed by atoms with Gasteiger partial charge in [-0.1, -0.05) is 13.8 Å². The molecule has 0 saturated heterocycles. The Morgan fingerprint density at radius 3 is 2.65 bits per heavy atom. The largest absolute Gasteiger partial charge is 0.371 e. The van der Waals surface area contributed by atoms with Gasteiger partial charge < -0.3 is 16.0 Å². The molecule has 0 radical (unpaired) electrons. The van der Waals surface area contributed by atoms with Crippen LogP contribution in [0.5, 0.6) is 0 Å². The van der Waals surface area contributed by atoms with Crippen LogP contribution in [0, 0.1) is 11.7 Å². The van der Waals surface area contributed by atoms with E-state index < -0.39 is 11.7 Å². The van der Waals surface area contributed by atoms with Gasteiger partial charge in [-0.3, -0.25) is 9.59 Å². The van der Waals surface area contributed by atoms with Gasteiger partial charge in [0.1, 0.15) is 0 Å². The minimum absolute atomic E-state index is 0.0121. The van der Waals surface area contributed by atoms with Crippen LogP contribution in [0.25, 0.3) is 0 Å². The van der Waals surface area contributed by atoms with Gasteiger partial charge in [0.2, 0.25) is 5.91 Å². The monoisotopic (exact) mass is 282 g/mol. The Balaban J connectivity index is 2.57. The molecule has 110 valence electrons. The first-order valence-electron chi connectivity index (χ1n) is 6.32. The lowest BCUT2D eigenvalue weighted by Crippen LogP contribution is -2.38. The Morgan fingerprint density at radius 2 is 2.05 bits per heavy atom. The van der Waals surface area contributed by atoms with Gasteiger partial charge >= 0.3 is 0 Å². The molecule has 0 spiro atoms. The fraction of sp³-hybridized carbons (Fsp3) is 0.462. The van der Waals surface area contributed by atoms with E-state index in [2.05, 4.69) is 20.9 Å². The molecule has 6 nitrogen and oxygen atoms in total. The summed E-state index contributed by atoms with van der Waals surface area (Å²) in [6.07, 6.45) is 1.32. The van der Waals surface area contributed by atoms with Gasteiger partial charge in [-0.2, -0.15) is 0 Å². The lowest BCUT2D eigenvalue weighted by molar-refractivity contribution is -0.120. The van der Waals surface area contributed by atoms with Crippen molar-refractivity contribution in [2.45, 2.75) is 13.8 Å². The zero-order valence-electron chi connectivity index (χ0n) is 11.8. The SMILES string of the molecule is CNc1nccc(C(=O)NCC(=O)NCC(C)C)c1F. The van der Waals surface area contributed by atoms with Crippen LogP contribution in [0.2, 0.25) is 0 Å². The molecule has 1 heterocycles. The maximum Gasteiger partial charge on any atom is 0.254 e. The number of anilines is 1. The van der Waals surface area contributed by atoms with Crippen LogP contribution in [-0.2, 0) is 4.79 Å². The molecule has 0 aliphatic carbocycles. The summed E-state index contributed by atoms with van der Waals surface area (Å²) in [5.74, 6) is -1.39. The molecular formula is C13H19FN4O2. The van der Waals surface area contributed by atoms with Crippen molar-refractivity contribution in [2.75, 3.05) is 25.5 Å². The number of aromatic nitrogens is 1. The van der Waals surface area contributed by atoms with Crippen molar-refractivity contribution in [3.63, 3.8) is 0 Å². The minimum atomic E-state index is -0.741. The molecule has 0 fully saturated rings. The molecule has 0 saturated carbocycles. The first-order chi connectivity index (χ1) is 9.45. The van der Waals surface area contributed by atoms with E-state index in [4.69, 9.17) is 0 Å². The summed E-state index contributed by atoms with van der Waals surface area (Å²) in [5, 5.41) is 7.56. The van der Waals surface area contributed by atoms with E-state index in [1.54, 1.807) is 0 Å². The number of pyridine rings is 1. The van der Waals surface area contributed by atoms with Gasteiger partial charge in [0.05, 0.1) is 12.1 Å². The van der Waals surface area contributed by atoms with Crippen LogP contribution in [0.4, 0.5) is 10.2 Å². The number of rotatable bonds is 6.